The third-order valence-electron chi connectivity index (χ3n) is 5.33. The molecule has 0 amide bonds. The van der Waals surface area contributed by atoms with Crippen LogP contribution in [0.2, 0.25) is 0 Å². The number of allylic oxidation sites excluding steroid dienone is 1. The topological polar surface area (TPSA) is 66.8 Å². The summed E-state index contributed by atoms with van der Waals surface area (Å²) < 4.78 is 5.36. The maximum absolute atomic E-state index is 11.6. The second-order valence-corrected chi connectivity index (χ2v) is 6.42. The van der Waals surface area contributed by atoms with Gasteiger partial charge in [-0.05, 0) is 25.7 Å². The molecule has 4 heteroatoms. The highest BCUT2D eigenvalue weighted by molar-refractivity contribution is 5.90. The molecule has 1 saturated heterocycles. The molecule has 2 fully saturated rings. The average molecular weight is 264 g/mol. The van der Waals surface area contributed by atoms with Gasteiger partial charge in [0, 0.05) is 16.9 Å². The third-order valence-corrected chi connectivity index (χ3v) is 5.33. The van der Waals surface area contributed by atoms with Crippen LogP contribution in [0.15, 0.2) is 23.8 Å². The smallest absolute Gasteiger partial charge is 0.334 e. The lowest BCUT2D eigenvalue weighted by molar-refractivity contribution is -0.148. The Hall–Kier alpha value is -1.13. The number of esters is 1. The monoisotopic (exact) mass is 264 g/mol. The van der Waals surface area contributed by atoms with Crippen molar-refractivity contribution < 1.29 is 19.7 Å². The Labute approximate surface area is 112 Å². The van der Waals surface area contributed by atoms with Gasteiger partial charge in [-0.25, -0.2) is 4.79 Å². The van der Waals surface area contributed by atoms with Gasteiger partial charge in [-0.3, -0.25) is 0 Å². The molecule has 104 valence electrons. The van der Waals surface area contributed by atoms with Gasteiger partial charge < -0.3 is 14.9 Å². The predicted octanol–water partition coefficient (Wildman–Crippen LogP) is 1.18. The molecule has 1 saturated carbocycles. The molecule has 0 aromatic carbocycles. The van der Waals surface area contributed by atoms with Crippen molar-refractivity contribution in [1.29, 1.82) is 0 Å². The van der Waals surface area contributed by atoms with E-state index in [4.69, 9.17) is 4.74 Å². The van der Waals surface area contributed by atoms with Crippen LogP contribution in [0.25, 0.3) is 0 Å². The Morgan fingerprint density at radius 3 is 2.84 bits per heavy atom. The molecule has 0 spiro atoms. The molecule has 19 heavy (non-hydrogen) atoms. The SMILES string of the molecule is C=C1C(=O)OC2CC3(C)C(CC12)C(C)=CC(O)C3O. The molecule has 0 bridgehead atoms. The minimum atomic E-state index is -0.835. The largest absolute Gasteiger partial charge is 0.458 e. The van der Waals surface area contributed by atoms with E-state index in [0.29, 0.717) is 12.0 Å². The zero-order valence-corrected chi connectivity index (χ0v) is 11.3. The molecule has 1 heterocycles. The zero-order chi connectivity index (χ0) is 13.9. The van der Waals surface area contributed by atoms with Gasteiger partial charge >= 0.3 is 5.97 Å². The van der Waals surface area contributed by atoms with Gasteiger partial charge in [-0.15, -0.1) is 0 Å². The second-order valence-electron chi connectivity index (χ2n) is 6.42. The molecular weight excluding hydrogens is 244 g/mol. The molecule has 3 aliphatic rings. The molecular formula is C15H20O4. The van der Waals surface area contributed by atoms with Crippen LogP contribution in [0, 0.1) is 17.3 Å². The first-order valence-electron chi connectivity index (χ1n) is 6.79. The van der Waals surface area contributed by atoms with E-state index in [0.717, 1.165) is 12.0 Å². The summed E-state index contributed by atoms with van der Waals surface area (Å²) in [6.45, 7) is 7.80. The van der Waals surface area contributed by atoms with Gasteiger partial charge in [-0.1, -0.05) is 25.2 Å². The average Bonchev–Trinajstić information content (AvgIpc) is 2.60. The van der Waals surface area contributed by atoms with E-state index < -0.39 is 17.6 Å². The summed E-state index contributed by atoms with van der Waals surface area (Å²) in [7, 11) is 0. The fourth-order valence-corrected chi connectivity index (χ4v) is 4.15. The maximum Gasteiger partial charge on any atom is 0.334 e. The van der Waals surface area contributed by atoms with E-state index in [2.05, 4.69) is 6.58 Å². The Bertz CT molecular complexity index is 481. The lowest BCUT2D eigenvalue weighted by Gasteiger charge is -2.51. The summed E-state index contributed by atoms with van der Waals surface area (Å²) in [5.41, 5.74) is 1.20. The van der Waals surface area contributed by atoms with Crippen LogP contribution < -0.4 is 0 Å². The molecule has 2 N–H and O–H groups in total. The number of fused-ring (bicyclic) bond motifs is 2. The number of carbonyl (C=O) groups is 1. The van der Waals surface area contributed by atoms with Crippen molar-refractivity contribution in [2.75, 3.05) is 0 Å². The van der Waals surface area contributed by atoms with Crippen molar-refractivity contribution in [2.45, 2.75) is 45.0 Å². The van der Waals surface area contributed by atoms with Crippen molar-refractivity contribution in [1.82, 2.24) is 0 Å². The van der Waals surface area contributed by atoms with Gasteiger partial charge in [0.15, 0.2) is 0 Å². The highest BCUT2D eigenvalue weighted by Crippen LogP contribution is 2.55. The highest BCUT2D eigenvalue weighted by Gasteiger charge is 2.56. The normalized spacial score (nSPS) is 49.3. The number of ether oxygens (including phenoxy) is 1. The van der Waals surface area contributed by atoms with Crippen LogP contribution in [0.5, 0.6) is 0 Å². The molecule has 0 aromatic heterocycles. The van der Waals surface area contributed by atoms with Crippen molar-refractivity contribution >= 4 is 5.97 Å². The minimum absolute atomic E-state index is 0.0522. The van der Waals surface area contributed by atoms with Crippen LogP contribution in [0.3, 0.4) is 0 Å². The van der Waals surface area contributed by atoms with Crippen LogP contribution >= 0.6 is 0 Å². The van der Waals surface area contributed by atoms with Crippen LogP contribution in [0.1, 0.15) is 26.7 Å². The quantitative estimate of drug-likeness (QED) is 0.392. The van der Waals surface area contributed by atoms with Gasteiger partial charge in [0.2, 0.25) is 0 Å². The van der Waals surface area contributed by atoms with Crippen molar-refractivity contribution in [3.63, 3.8) is 0 Å². The number of rotatable bonds is 0. The van der Waals surface area contributed by atoms with E-state index >= 15 is 0 Å². The van der Waals surface area contributed by atoms with Gasteiger partial charge in [0.25, 0.3) is 0 Å². The third kappa shape index (κ3) is 1.63. The number of hydrogen-bond donors (Lipinski definition) is 2. The lowest BCUT2D eigenvalue weighted by Crippen LogP contribution is -2.54. The lowest BCUT2D eigenvalue weighted by atomic mass is 9.55. The second kappa shape index (κ2) is 3.93. The standard InChI is InChI=1S/C15H20O4/c1-7-4-11(16)13(17)15(3)6-12-9(5-10(7)15)8(2)14(18)19-12/h4,9-13,16-17H,2,5-6H2,1,3H3. The highest BCUT2D eigenvalue weighted by atomic mass is 16.6. The fourth-order valence-electron chi connectivity index (χ4n) is 4.15. The molecule has 3 rings (SSSR count). The summed E-state index contributed by atoms with van der Waals surface area (Å²) in [5.74, 6) is -0.0938. The van der Waals surface area contributed by atoms with Crippen LogP contribution in [-0.2, 0) is 9.53 Å². The van der Waals surface area contributed by atoms with Gasteiger partial charge in [0.1, 0.15) is 6.10 Å². The number of hydrogen-bond acceptors (Lipinski definition) is 4. The molecule has 4 nitrogen and oxygen atoms in total. The first-order valence-corrected chi connectivity index (χ1v) is 6.79. The first-order chi connectivity index (χ1) is 8.84. The van der Waals surface area contributed by atoms with Crippen molar-refractivity contribution in [3.05, 3.63) is 23.8 Å². The molecule has 0 radical (unpaired) electrons. The molecule has 2 aliphatic carbocycles. The minimum Gasteiger partial charge on any atom is -0.458 e. The number of aliphatic hydroxyl groups excluding tert-OH is 2. The fraction of sp³-hybridized carbons (Fsp3) is 0.667. The summed E-state index contributed by atoms with van der Waals surface area (Å²) >= 11 is 0. The summed E-state index contributed by atoms with van der Waals surface area (Å²) in [5, 5.41) is 20.3. The Morgan fingerprint density at radius 2 is 2.16 bits per heavy atom. The summed E-state index contributed by atoms with van der Waals surface area (Å²) in [6.07, 6.45) is 1.23. The Morgan fingerprint density at radius 1 is 1.47 bits per heavy atom. The van der Waals surface area contributed by atoms with E-state index in [-0.39, 0.29) is 23.9 Å². The molecule has 6 unspecified atom stereocenters. The zero-order valence-electron chi connectivity index (χ0n) is 11.3. The number of carbonyl (C=O) groups excluding carboxylic acids is 1. The van der Waals surface area contributed by atoms with E-state index in [1.165, 1.54) is 0 Å². The van der Waals surface area contributed by atoms with E-state index in [1.807, 2.05) is 13.8 Å². The first kappa shape index (κ1) is 12.9. The van der Waals surface area contributed by atoms with Gasteiger partial charge in [-0.2, -0.15) is 0 Å². The summed E-state index contributed by atoms with van der Waals surface area (Å²) in [6, 6.07) is 0. The van der Waals surface area contributed by atoms with E-state index in [1.54, 1.807) is 6.08 Å². The van der Waals surface area contributed by atoms with Crippen LogP contribution in [0.4, 0.5) is 0 Å². The van der Waals surface area contributed by atoms with E-state index in [9.17, 15) is 15.0 Å². The molecule has 0 aromatic rings. The van der Waals surface area contributed by atoms with Crippen LogP contribution in [-0.4, -0.2) is 34.5 Å². The number of aliphatic hydroxyl groups is 2. The van der Waals surface area contributed by atoms with Gasteiger partial charge in [0.05, 0.1) is 12.2 Å². The Balaban J connectivity index is 1.98. The maximum atomic E-state index is 11.6. The van der Waals surface area contributed by atoms with Crippen molar-refractivity contribution in [2.24, 2.45) is 17.3 Å². The Kier molecular flexibility index (Phi) is 2.67. The summed E-state index contributed by atoms with van der Waals surface area (Å²) in [4.78, 5) is 11.6. The molecule has 1 aliphatic heterocycles. The van der Waals surface area contributed by atoms with Crippen molar-refractivity contribution in [3.8, 4) is 0 Å². The predicted molar refractivity (Wildman–Crippen MR) is 69.1 cm³/mol. The molecule has 6 atom stereocenters.